The van der Waals surface area contributed by atoms with E-state index in [0.717, 1.165) is 0 Å². The molecule has 0 spiro atoms. The van der Waals surface area contributed by atoms with Crippen LogP contribution in [-0.2, 0) is 14.4 Å². The lowest BCUT2D eigenvalue weighted by atomic mass is 10.00. The number of rotatable bonds is 2. The number of ether oxygens (including phenoxy) is 1. The molecule has 2 aliphatic heterocycles. The molecule has 2 aliphatic rings. The van der Waals surface area contributed by atoms with Crippen molar-refractivity contribution in [2.45, 2.75) is 6.04 Å². The number of nitrogens with one attached hydrogen (secondary N) is 1. The lowest BCUT2D eigenvalue weighted by molar-refractivity contribution is -0.146. The Hall–Kier alpha value is -3.59. The second-order valence-electron chi connectivity index (χ2n) is 7.22. The summed E-state index contributed by atoms with van der Waals surface area (Å²) >= 11 is 6.14. The third kappa shape index (κ3) is 3.68. The highest BCUT2D eigenvalue weighted by Gasteiger charge is 2.41. The van der Waals surface area contributed by atoms with Gasteiger partial charge in [0.1, 0.15) is 11.8 Å². The number of primary amides is 1. The largest absolute Gasteiger partial charge is 0.496 e. The summed E-state index contributed by atoms with van der Waals surface area (Å²) in [5.74, 6) is -2.19. The van der Waals surface area contributed by atoms with Gasteiger partial charge in [0.25, 0.3) is 5.91 Å². The number of nitrogens with two attached hydrogens (primary N) is 1. The zero-order valence-corrected chi connectivity index (χ0v) is 17.3. The maximum atomic E-state index is 13.3. The molecule has 4 rings (SSSR count). The van der Waals surface area contributed by atoms with Crippen molar-refractivity contribution in [3.05, 3.63) is 47.0 Å². The predicted octanol–water partition coefficient (Wildman–Crippen LogP) is 1.11. The van der Waals surface area contributed by atoms with Crippen LogP contribution in [0.25, 0.3) is 11.1 Å². The molecule has 0 bridgehead atoms. The average molecular weight is 443 g/mol. The van der Waals surface area contributed by atoms with Crippen molar-refractivity contribution in [1.82, 2.24) is 9.80 Å². The van der Waals surface area contributed by atoms with Crippen molar-refractivity contribution < 1.29 is 23.9 Å². The first-order chi connectivity index (χ1) is 14.8. The topological polar surface area (TPSA) is 122 Å². The SMILES string of the molecule is COc1ccc(Cl)cc1-c1ccc2c(c1)C(=O)N1CCN(C(=O)C(N)=O)CC1C(=O)N2. The van der Waals surface area contributed by atoms with Gasteiger partial charge in [0.15, 0.2) is 0 Å². The van der Waals surface area contributed by atoms with Gasteiger partial charge in [-0.05, 0) is 35.9 Å². The molecule has 0 saturated carbocycles. The summed E-state index contributed by atoms with van der Waals surface area (Å²) in [6.45, 7) is 0.0941. The van der Waals surface area contributed by atoms with Gasteiger partial charge in [-0.15, -0.1) is 0 Å². The third-order valence-corrected chi connectivity index (χ3v) is 5.66. The quantitative estimate of drug-likeness (QED) is 0.674. The number of piperazine rings is 1. The van der Waals surface area contributed by atoms with Crippen LogP contribution in [0.3, 0.4) is 0 Å². The van der Waals surface area contributed by atoms with E-state index in [1.165, 1.54) is 9.80 Å². The Morgan fingerprint density at radius 2 is 1.90 bits per heavy atom. The molecule has 0 aliphatic carbocycles. The Morgan fingerprint density at radius 1 is 1.13 bits per heavy atom. The first-order valence-corrected chi connectivity index (χ1v) is 9.86. The molecule has 160 valence electrons. The summed E-state index contributed by atoms with van der Waals surface area (Å²) in [6, 6.07) is 9.32. The fourth-order valence-electron chi connectivity index (χ4n) is 3.86. The normalized spacial score (nSPS) is 17.9. The van der Waals surface area contributed by atoms with E-state index in [1.807, 2.05) is 0 Å². The highest BCUT2D eigenvalue weighted by atomic mass is 35.5. The standard InChI is InChI=1S/C21H19ClN4O5/c1-31-17-5-3-12(22)9-13(17)11-2-4-15-14(8-11)20(29)26-7-6-25(21(30)18(23)27)10-16(26)19(28)24-15/h2-5,8-9,16H,6-7,10H2,1H3,(H2,23,27)(H,24,28). The summed E-state index contributed by atoms with van der Waals surface area (Å²) in [5, 5.41) is 3.26. The van der Waals surface area contributed by atoms with Gasteiger partial charge in [0, 0.05) is 23.7 Å². The molecule has 1 fully saturated rings. The molecule has 2 aromatic rings. The van der Waals surface area contributed by atoms with E-state index in [-0.39, 0.29) is 25.5 Å². The zero-order chi connectivity index (χ0) is 22.3. The summed E-state index contributed by atoms with van der Waals surface area (Å²) in [6.07, 6.45) is 0. The van der Waals surface area contributed by atoms with Gasteiger partial charge >= 0.3 is 11.8 Å². The Kier molecular flexibility index (Phi) is 5.28. The molecule has 1 unspecified atom stereocenters. The van der Waals surface area contributed by atoms with Crippen LogP contribution in [0.4, 0.5) is 5.69 Å². The summed E-state index contributed by atoms with van der Waals surface area (Å²) < 4.78 is 5.41. The minimum absolute atomic E-state index is 0.0973. The lowest BCUT2D eigenvalue weighted by Crippen LogP contribution is -2.60. The van der Waals surface area contributed by atoms with Gasteiger partial charge < -0.3 is 25.6 Å². The first-order valence-electron chi connectivity index (χ1n) is 9.48. The van der Waals surface area contributed by atoms with E-state index >= 15 is 0 Å². The van der Waals surface area contributed by atoms with Crippen molar-refractivity contribution in [3.8, 4) is 16.9 Å². The Balaban J connectivity index is 1.71. The van der Waals surface area contributed by atoms with Crippen molar-refractivity contribution in [1.29, 1.82) is 0 Å². The molecule has 4 amide bonds. The monoisotopic (exact) mass is 442 g/mol. The Bertz CT molecular complexity index is 1120. The molecule has 0 aromatic heterocycles. The van der Waals surface area contributed by atoms with E-state index in [2.05, 4.69) is 5.32 Å². The van der Waals surface area contributed by atoms with Crippen LogP contribution in [0.2, 0.25) is 5.02 Å². The van der Waals surface area contributed by atoms with E-state index in [0.29, 0.717) is 33.1 Å². The van der Waals surface area contributed by atoms with Crippen LogP contribution in [0, 0.1) is 0 Å². The number of fused-ring (bicyclic) bond motifs is 2. The molecule has 2 heterocycles. The molecule has 31 heavy (non-hydrogen) atoms. The predicted molar refractivity (Wildman–Crippen MR) is 113 cm³/mol. The molecule has 3 N–H and O–H groups in total. The molecule has 2 aromatic carbocycles. The summed E-state index contributed by atoms with van der Waals surface area (Å²) in [7, 11) is 1.54. The van der Waals surface area contributed by atoms with Gasteiger partial charge in [-0.2, -0.15) is 0 Å². The van der Waals surface area contributed by atoms with E-state index in [4.69, 9.17) is 22.1 Å². The van der Waals surface area contributed by atoms with E-state index in [1.54, 1.807) is 43.5 Å². The maximum absolute atomic E-state index is 13.3. The van der Waals surface area contributed by atoms with Crippen LogP contribution < -0.4 is 15.8 Å². The van der Waals surface area contributed by atoms with Crippen molar-refractivity contribution in [2.24, 2.45) is 5.73 Å². The second-order valence-corrected chi connectivity index (χ2v) is 7.66. The van der Waals surface area contributed by atoms with Crippen LogP contribution in [0.15, 0.2) is 36.4 Å². The van der Waals surface area contributed by atoms with Gasteiger partial charge in [0.2, 0.25) is 5.91 Å². The minimum Gasteiger partial charge on any atom is -0.496 e. The van der Waals surface area contributed by atoms with Crippen molar-refractivity contribution >= 4 is 40.9 Å². The molecular formula is C21H19ClN4O5. The van der Waals surface area contributed by atoms with Crippen molar-refractivity contribution in [2.75, 3.05) is 32.1 Å². The smallest absolute Gasteiger partial charge is 0.311 e. The highest BCUT2D eigenvalue weighted by Crippen LogP contribution is 2.36. The molecule has 1 saturated heterocycles. The number of amides is 4. The highest BCUT2D eigenvalue weighted by molar-refractivity contribution is 6.34. The summed E-state index contributed by atoms with van der Waals surface area (Å²) in [5.41, 5.74) is 7.14. The number of hydrogen-bond donors (Lipinski definition) is 2. The van der Waals surface area contributed by atoms with E-state index in [9.17, 15) is 19.2 Å². The molecule has 1 atom stereocenters. The number of benzene rings is 2. The zero-order valence-electron chi connectivity index (χ0n) is 16.6. The van der Waals surface area contributed by atoms with E-state index < -0.39 is 23.8 Å². The number of methoxy groups -OCH3 is 1. The average Bonchev–Trinajstić information content (AvgIpc) is 2.87. The Morgan fingerprint density at radius 3 is 2.61 bits per heavy atom. The van der Waals surface area contributed by atoms with Gasteiger partial charge in [-0.3, -0.25) is 19.2 Å². The third-order valence-electron chi connectivity index (χ3n) is 5.42. The minimum atomic E-state index is -1.10. The number of carbonyl (C=O) groups is 4. The molecular weight excluding hydrogens is 424 g/mol. The van der Waals surface area contributed by atoms with Crippen LogP contribution >= 0.6 is 11.6 Å². The molecule has 10 heteroatoms. The number of nitrogens with zero attached hydrogens (tertiary/aromatic N) is 2. The van der Waals surface area contributed by atoms with Gasteiger partial charge in [-0.25, -0.2) is 0 Å². The number of anilines is 1. The molecule has 0 radical (unpaired) electrons. The van der Waals surface area contributed by atoms with Gasteiger partial charge in [-0.1, -0.05) is 17.7 Å². The van der Waals surface area contributed by atoms with Gasteiger partial charge in [0.05, 0.1) is 24.9 Å². The fourth-order valence-corrected chi connectivity index (χ4v) is 4.04. The second kappa shape index (κ2) is 7.92. The van der Waals surface area contributed by atoms with Crippen LogP contribution in [0.1, 0.15) is 10.4 Å². The maximum Gasteiger partial charge on any atom is 0.311 e. The number of halogens is 1. The number of hydrogen-bond acceptors (Lipinski definition) is 5. The van der Waals surface area contributed by atoms with Crippen LogP contribution in [0.5, 0.6) is 5.75 Å². The lowest BCUT2D eigenvalue weighted by Gasteiger charge is -2.38. The fraction of sp³-hybridized carbons (Fsp3) is 0.238. The summed E-state index contributed by atoms with van der Waals surface area (Å²) in [4.78, 5) is 51.9. The van der Waals surface area contributed by atoms with Crippen LogP contribution in [-0.4, -0.2) is 66.2 Å². The number of carbonyl (C=O) groups excluding carboxylic acids is 4. The Labute approximate surface area is 182 Å². The van der Waals surface area contributed by atoms with Crippen molar-refractivity contribution in [3.63, 3.8) is 0 Å². The first kappa shape index (κ1) is 20.7. The molecule has 9 nitrogen and oxygen atoms in total.